The summed E-state index contributed by atoms with van der Waals surface area (Å²) in [5.74, 6) is -0.909. The van der Waals surface area contributed by atoms with Crippen molar-refractivity contribution in [3.63, 3.8) is 0 Å². The van der Waals surface area contributed by atoms with Gasteiger partial charge in [-0.25, -0.2) is 4.79 Å². The van der Waals surface area contributed by atoms with Crippen molar-refractivity contribution < 1.29 is 28.4 Å². The number of nitrogens with one attached hydrogen (secondary N) is 1. The summed E-state index contributed by atoms with van der Waals surface area (Å²) in [7, 11) is 0. The molecule has 1 aromatic heterocycles. The maximum atomic E-state index is 13.7. The molecule has 4 atom stereocenters. The molecule has 3 heterocycles. The van der Waals surface area contributed by atoms with Gasteiger partial charge in [-0.2, -0.15) is 4.98 Å². The number of para-hydroxylation sites is 1. The predicted octanol–water partition coefficient (Wildman–Crippen LogP) is 3.31. The van der Waals surface area contributed by atoms with E-state index in [2.05, 4.69) is 15.5 Å². The number of urea groups is 1. The van der Waals surface area contributed by atoms with Crippen LogP contribution >= 0.6 is 11.6 Å². The van der Waals surface area contributed by atoms with Gasteiger partial charge in [-0.1, -0.05) is 59.2 Å². The lowest BCUT2D eigenvalue weighted by atomic mass is 9.78. The summed E-state index contributed by atoms with van der Waals surface area (Å²) < 4.78 is 16.7. The zero-order valence-electron chi connectivity index (χ0n) is 20.2. The molecule has 4 unspecified atom stereocenters. The lowest BCUT2D eigenvalue weighted by Gasteiger charge is -2.48. The van der Waals surface area contributed by atoms with Crippen LogP contribution in [-0.2, 0) is 25.6 Å². The minimum atomic E-state index is -0.609. The molecular formula is C26H24ClN5O6. The number of aromatic nitrogens is 2. The Bertz CT molecular complexity index is 1370. The van der Waals surface area contributed by atoms with E-state index in [1.165, 1.54) is 4.90 Å². The fraction of sp³-hybridized carbons (Fsp3) is 0.346. The van der Waals surface area contributed by atoms with Crippen molar-refractivity contribution >= 4 is 35.1 Å². The Morgan fingerprint density at radius 1 is 1.03 bits per heavy atom. The smallest absolute Gasteiger partial charge is 0.327 e. The SMILES string of the molecule is O=C(CN1C(=O)N(Cc2nc(-c3ccccc3)no2)C(=O)C2CC3OCOC3CC21)Nc1ccccc1Cl. The highest BCUT2D eigenvalue weighted by Gasteiger charge is 2.53. The molecule has 2 saturated heterocycles. The molecule has 3 aliphatic rings. The van der Waals surface area contributed by atoms with E-state index in [9.17, 15) is 14.4 Å². The molecule has 3 aromatic rings. The number of halogens is 1. The molecule has 12 heteroatoms. The minimum Gasteiger partial charge on any atom is -0.349 e. The van der Waals surface area contributed by atoms with Gasteiger partial charge in [0.1, 0.15) is 19.9 Å². The molecule has 11 nitrogen and oxygen atoms in total. The van der Waals surface area contributed by atoms with Crippen LogP contribution in [0.25, 0.3) is 11.4 Å². The van der Waals surface area contributed by atoms with Crippen LogP contribution in [0.5, 0.6) is 0 Å². The molecule has 0 radical (unpaired) electrons. The van der Waals surface area contributed by atoms with Crippen LogP contribution in [0.1, 0.15) is 18.7 Å². The number of nitrogens with zero attached hydrogens (tertiary/aromatic N) is 4. The van der Waals surface area contributed by atoms with Crippen molar-refractivity contribution in [2.75, 3.05) is 18.7 Å². The van der Waals surface area contributed by atoms with Crippen LogP contribution in [-0.4, -0.2) is 69.4 Å². The first-order valence-electron chi connectivity index (χ1n) is 12.3. The second kappa shape index (κ2) is 10.2. The van der Waals surface area contributed by atoms with E-state index in [1.807, 2.05) is 30.3 Å². The summed E-state index contributed by atoms with van der Waals surface area (Å²) >= 11 is 6.19. The summed E-state index contributed by atoms with van der Waals surface area (Å²) in [6.07, 6.45) is 0.266. The lowest BCUT2D eigenvalue weighted by molar-refractivity contribution is -0.145. The fourth-order valence-electron chi connectivity index (χ4n) is 5.28. The number of ether oxygens (including phenoxy) is 2. The number of carbonyl (C=O) groups excluding carboxylic acids is 3. The Morgan fingerprint density at radius 3 is 2.55 bits per heavy atom. The van der Waals surface area contributed by atoms with Crippen molar-refractivity contribution in [2.45, 2.75) is 37.6 Å². The Morgan fingerprint density at radius 2 is 1.76 bits per heavy atom. The molecule has 38 heavy (non-hydrogen) atoms. The van der Waals surface area contributed by atoms with E-state index in [1.54, 1.807) is 24.3 Å². The molecule has 196 valence electrons. The molecule has 1 N–H and O–H groups in total. The van der Waals surface area contributed by atoms with E-state index in [0.717, 1.165) is 10.5 Å². The third kappa shape index (κ3) is 4.64. The van der Waals surface area contributed by atoms with Crippen LogP contribution in [0.2, 0.25) is 5.02 Å². The first kappa shape index (κ1) is 24.5. The number of hydrogen-bond donors (Lipinski definition) is 1. The van der Waals surface area contributed by atoms with Gasteiger partial charge in [0, 0.05) is 11.6 Å². The lowest BCUT2D eigenvalue weighted by Crippen LogP contribution is -2.65. The van der Waals surface area contributed by atoms with Crippen molar-refractivity contribution in [3.8, 4) is 11.4 Å². The maximum Gasteiger partial charge on any atom is 0.327 e. The molecule has 4 amide bonds. The molecule has 0 bridgehead atoms. The standard InChI is InChI=1S/C26H24ClN5O6/c27-17-8-4-5-9-18(17)28-22(33)12-31-19-11-21-20(36-14-37-21)10-16(19)25(34)32(26(31)35)13-23-29-24(30-38-23)15-6-2-1-3-7-15/h1-9,16,19-21H,10-14H2,(H,28,33). The van der Waals surface area contributed by atoms with Gasteiger partial charge in [-0.3, -0.25) is 14.5 Å². The maximum absolute atomic E-state index is 13.7. The molecule has 2 aliphatic heterocycles. The number of benzene rings is 2. The largest absolute Gasteiger partial charge is 0.349 e. The number of fused-ring (bicyclic) bond motifs is 2. The average molecular weight is 538 g/mol. The normalized spacial score (nSPS) is 24.8. The van der Waals surface area contributed by atoms with E-state index < -0.39 is 23.9 Å². The Balaban J connectivity index is 1.25. The Kier molecular flexibility index (Phi) is 6.56. The second-order valence-corrected chi connectivity index (χ2v) is 9.82. The first-order chi connectivity index (χ1) is 18.5. The third-order valence-corrected chi connectivity index (χ3v) is 7.45. The van der Waals surface area contributed by atoms with Gasteiger partial charge >= 0.3 is 6.03 Å². The Hall–Kier alpha value is -3.80. The summed E-state index contributed by atoms with van der Waals surface area (Å²) in [6.45, 7) is -0.348. The van der Waals surface area contributed by atoms with Crippen LogP contribution in [0.4, 0.5) is 10.5 Å². The number of amides is 4. The topological polar surface area (TPSA) is 127 Å². The highest BCUT2D eigenvalue weighted by atomic mass is 35.5. The summed E-state index contributed by atoms with van der Waals surface area (Å²) in [5.41, 5.74) is 1.18. The van der Waals surface area contributed by atoms with E-state index in [4.69, 9.17) is 25.6 Å². The van der Waals surface area contributed by atoms with Crippen molar-refractivity contribution in [3.05, 3.63) is 65.5 Å². The summed E-state index contributed by atoms with van der Waals surface area (Å²) in [5, 5.41) is 7.12. The zero-order valence-corrected chi connectivity index (χ0v) is 20.9. The Labute approximate surface area is 222 Å². The van der Waals surface area contributed by atoms with Crippen LogP contribution in [0.3, 0.4) is 0 Å². The van der Waals surface area contributed by atoms with Crippen molar-refractivity contribution in [2.24, 2.45) is 5.92 Å². The quantitative estimate of drug-likeness (QED) is 0.507. The highest BCUT2D eigenvalue weighted by Crippen LogP contribution is 2.39. The van der Waals surface area contributed by atoms with Gasteiger partial charge in [0.2, 0.25) is 23.5 Å². The first-order valence-corrected chi connectivity index (χ1v) is 12.6. The van der Waals surface area contributed by atoms with Gasteiger partial charge in [-0.05, 0) is 25.0 Å². The molecular weight excluding hydrogens is 514 g/mol. The average Bonchev–Trinajstić information content (AvgIpc) is 3.59. The zero-order chi connectivity index (χ0) is 26.2. The van der Waals surface area contributed by atoms with Crippen LogP contribution in [0, 0.1) is 5.92 Å². The van der Waals surface area contributed by atoms with Gasteiger partial charge < -0.3 is 24.2 Å². The van der Waals surface area contributed by atoms with Crippen molar-refractivity contribution in [1.82, 2.24) is 19.9 Å². The summed E-state index contributed by atoms with van der Waals surface area (Å²) in [4.78, 5) is 47.2. The van der Waals surface area contributed by atoms with Crippen LogP contribution < -0.4 is 5.32 Å². The summed E-state index contributed by atoms with van der Waals surface area (Å²) in [6, 6.07) is 14.9. The van der Waals surface area contributed by atoms with Crippen molar-refractivity contribution in [1.29, 1.82) is 0 Å². The fourth-order valence-corrected chi connectivity index (χ4v) is 5.46. The van der Waals surface area contributed by atoms with Gasteiger partial charge in [0.15, 0.2) is 0 Å². The number of anilines is 1. The molecule has 1 aliphatic carbocycles. The molecule has 3 fully saturated rings. The molecule has 2 aromatic carbocycles. The van der Waals surface area contributed by atoms with Gasteiger partial charge in [0.25, 0.3) is 0 Å². The van der Waals surface area contributed by atoms with E-state index in [-0.39, 0.29) is 43.9 Å². The number of hydrogen-bond acceptors (Lipinski definition) is 8. The third-order valence-electron chi connectivity index (χ3n) is 7.12. The highest BCUT2D eigenvalue weighted by molar-refractivity contribution is 6.33. The van der Waals surface area contributed by atoms with Gasteiger partial charge in [-0.15, -0.1) is 0 Å². The molecule has 1 saturated carbocycles. The minimum absolute atomic E-state index is 0.110. The van der Waals surface area contributed by atoms with Gasteiger partial charge in [0.05, 0.1) is 28.8 Å². The number of rotatable bonds is 6. The monoisotopic (exact) mass is 537 g/mol. The second-order valence-electron chi connectivity index (χ2n) is 9.41. The van der Waals surface area contributed by atoms with E-state index >= 15 is 0 Å². The molecule has 6 rings (SSSR count). The number of carbonyl (C=O) groups is 3. The van der Waals surface area contributed by atoms with Crippen LogP contribution in [0.15, 0.2) is 59.1 Å². The predicted molar refractivity (Wildman–Crippen MR) is 134 cm³/mol. The number of imide groups is 1. The van der Waals surface area contributed by atoms with E-state index in [0.29, 0.717) is 29.4 Å². The molecule has 0 spiro atoms.